The maximum absolute atomic E-state index is 9.13. The summed E-state index contributed by atoms with van der Waals surface area (Å²) < 4.78 is 5.18. The van der Waals surface area contributed by atoms with Crippen LogP contribution in [-0.4, -0.2) is 25.9 Å². The second kappa shape index (κ2) is 5.20. The fourth-order valence-electron chi connectivity index (χ4n) is 1.32. The van der Waals surface area contributed by atoms with Gasteiger partial charge in [0.2, 0.25) is 0 Å². The molecule has 1 unspecified atom stereocenters. The molecule has 0 aromatic heterocycles. The Kier molecular flexibility index (Phi) is 4.20. The smallest absolute Gasteiger partial charge is 0.123 e. The second-order valence-corrected chi connectivity index (χ2v) is 3.35. The van der Waals surface area contributed by atoms with E-state index in [1.807, 2.05) is 0 Å². The molecule has 3 nitrogen and oxygen atoms in total. The maximum Gasteiger partial charge on any atom is 0.123 e. The van der Waals surface area contributed by atoms with Crippen LogP contribution in [0.15, 0.2) is 18.2 Å². The quantitative estimate of drug-likeness (QED) is 0.802. The van der Waals surface area contributed by atoms with Gasteiger partial charge in [-0.05, 0) is 25.2 Å². The van der Waals surface area contributed by atoms with Gasteiger partial charge in [-0.2, -0.15) is 0 Å². The standard InChI is InChI=1S/C10H14ClNO2/c1-12-9(6-13)8-5-7(11)3-4-10(8)14-2/h3-5,9,12-13H,6H2,1-2H3. The summed E-state index contributed by atoms with van der Waals surface area (Å²) in [7, 11) is 3.37. The topological polar surface area (TPSA) is 41.5 Å². The molecule has 0 aliphatic heterocycles. The summed E-state index contributed by atoms with van der Waals surface area (Å²) >= 11 is 5.87. The molecular weight excluding hydrogens is 202 g/mol. The highest BCUT2D eigenvalue weighted by atomic mass is 35.5. The molecule has 0 spiro atoms. The van der Waals surface area contributed by atoms with Crippen LogP contribution >= 0.6 is 11.6 Å². The van der Waals surface area contributed by atoms with E-state index in [0.717, 1.165) is 11.3 Å². The van der Waals surface area contributed by atoms with E-state index in [1.165, 1.54) is 0 Å². The first-order valence-electron chi connectivity index (χ1n) is 4.34. The molecule has 78 valence electrons. The first-order valence-corrected chi connectivity index (χ1v) is 4.72. The number of halogens is 1. The zero-order valence-corrected chi connectivity index (χ0v) is 9.01. The molecule has 0 aliphatic rings. The van der Waals surface area contributed by atoms with E-state index in [-0.39, 0.29) is 12.6 Å². The lowest BCUT2D eigenvalue weighted by Crippen LogP contribution is -2.20. The maximum atomic E-state index is 9.13. The number of hydrogen-bond donors (Lipinski definition) is 2. The predicted molar refractivity (Wildman–Crippen MR) is 56.9 cm³/mol. The molecule has 1 aromatic carbocycles. The van der Waals surface area contributed by atoms with E-state index < -0.39 is 0 Å². The van der Waals surface area contributed by atoms with Crippen molar-refractivity contribution in [3.8, 4) is 5.75 Å². The highest BCUT2D eigenvalue weighted by molar-refractivity contribution is 6.30. The van der Waals surface area contributed by atoms with Gasteiger partial charge >= 0.3 is 0 Å². The van der Waals surface area contributed by atoms with Crippen LogP contribution in [0.2, 0.25) is 5.02 Å². The van der Waals surface area contributed by atoms with Gasteiger partial charge in [-0.3, -0.25) is 0 Å². The highest BCUT2D eigenvalue weighted by Gasteiger charge is 2.13. The van der Waals surface area contributed by atoms with Crippen LogP contribution in [0.1, 0.15) is 11.6 Å². The molecule has 1 atom stereocenters. The average molecular weight is 216 g/mol. The molecule has 14 heavy (non-hydrogen) atoms. The predicted octanol–water partition coefficient (Wildman–Crippen LogP) is 1.60. The van der Waals surface area contributed by atoms with Crippen molar-refractivity contribution in [1.82, 2.24) is 5.32 Å². The molecule has 0 amide bonds. The van der Waals surface area contributed by atoms with Gasteiger partial charge in [0, 0.05) is 10.6 Å². The van der Waals surface area contributed by atoms with Crippen LogP contribution in [-0.2, 0) is 0 Å². The van der Waals surface area contributed by atoms with E-state index in [9.17, 15) is 0 Å². The van der Waals surface area contributed by atoms with E-state index in [2.05, 4.69) is 5.32 Å². The van der Waals surface area contributed by atoms with Crippen molar-refractivity contribution in [2.75, 3.05) is 20.8 Å². The zero-order valence-electron chi connectivity index (χ0n) is 8.25. The third-order valence-electron chi connectivity index (χ3n) is 2.10. The van der Waals surface area contributed by atoms with E-state index >= 15 is 0 Å². The van der Waals surface area contributed by atoms with Crippen molar-refractivity contribution in [2.45, 2.75) is 6.04 Å². The Morgan fingerprint density at radius 1 is 1.57 bits per heavy atom. The lowest BCUT2D eigenvalue weighted by Gasteiger charge is -2.17. The van der Waals surface area contributed by atoms with Crippen molar-refractivity contribution in [1.29, 1.82) is 0 Å². The van der Waals surface area contributed by atoms with Gasteiger partial charge in [0.05, 0.1) is 19.8 Å². The van der Waals surface area contributed by atoms with Gasteiger partial charge in [-0.15, -0.1) is 0 Å². The minimum atomic E-state index is -0.149. The molecule has 0 aliphatic carbocycles. The Balaban J connectivity index is 3.08. The number of benzene rings is 1. The van der Waals surface area contributed by atoms with E-state index in [4.69, 9.17) is 21.4 Å². The third kappa shape index (κ3) is 2.38. The van der Waals surface area contributed by atoms with E-state index in [0.29, 0.717) is 5.02 Å². The zero-order chi connectivity index (χ0) is 10.6. The summed E-state index contributed by atoms with van der Waals surface area (Å²) in [5.41, 5.74) is 0.866. The second-order valence-electron chi connectivity index (χ2n) is 2.91. The molecule has 2 N–H and O–H groups in total. The Labute approximate surface area is 88.7 Å². The van der Waals surface area contributed by atoms with Crippen LogP contribution in [0.4, 0.5) is 0 Å². The minimum absolute atomic E-state index is 0.00715. The van der Waals surface area contributed by atoms with Gasteiger partial charge in [0.25, 0.3) is 0 Å². The Morgan fingerprint density at radius 3 is 2.79 bits per heavy atom. The van der Waals surface area contributed by atoms with Crippen LogP contribution in [0, 0.1) is 0 Å². The highest BCUT2D eigenvalue weighted by Crippen LogP contribution is 2.27. The van der Waals surface area contributed by atoms with Crippen molar-refractivity contribution in [2.24, 2.45) is 0 Å². The van der Waals surface area contributed by atoms with Crippen LogP contribution < -0.4 is 10.1 Å². The largest absolute Gasteiger partial charge is 0.496 e. The number of ether oxygens (including phenoxy) is 1. The number of aliphatic hydroxyl groups is 1. The number of methoxy groups -OCH3 is 1. The van der Waals surface area contributed by atoms with Crippen molar-refractivity contribution in [3.05, 3.63) is 28.8 Å². The molecule has 0 heterocycles. The number of hydrogen-bond acceptors (Lipinski definition) is 3. The first kappa shape index (κ1) is 11.3. The summed E-state index contributed by atoms with van der Waals surface area (Å²) in [6, 6.07) is 5.19. The van der Waals surface area contributed by atoms with Crippen molar-refractivity contribution >= 4 is 11.6 Å². The van der Waals surface area contributed by atoms with Crippen LogP contribution in [0.25, 0.3) is 0 Å². The van der Waals surface area contributed by atoms with Crippen molar-refractivity contribution < 1.29 is 9.84 Å². The summed E-state index contributed by atoms with van der Waals surface area (Å²) in [6.07, 6.45) is 0. The Morgan fingerprint density at radius 2 is 2.29 bits per heavy atom. The van der Waals surface area contributed by atoms with Crippen LogP contribution in [0.5, 0.6) is 5.75 Å². The van der Waals surface area contributed by atoms with Crippen molar-refractivity contribution in [3.63, 3.8) is 0 Å². The molecule has 0 saturated heterocycles. The molecule has 0 saturated carbocycles. The van der Waals surface area contributed by atoms with Crippen LogP contribution in [0.3, 0.4) is 0 Å². The van der Waals surface area contributed by atoms with Gasteiger partial charge in [0.1, 0.15) is 5.75 Å². The summed E-state index contributed by atoms with van der Waals surface area (Å²) in [5.74, 6) is 0.725. The summed E-state index contributed by atoms with van der Waals surface area (Å²) in [4.78, 5) is 0. The molecule has 0 radical (unpaired) electrons. The molecule has 0 bridgehead atoms. The normalized spacial score (nSPS) is 12.6. The summed E-state index contributed by atoms with van der Waals surface area (Å²) in [6.45, 7) is 0.00715. The fraction of sp³-hybridized carbons (Fsp3) is 0.400. The Bertz CT molecular complexity index is 300. The minimum Gasteiger partial charge on any atom is -0.496 e. The average Bonchev–Trinajstić information content (AvgIpc) is 2.20. The number of rotatable bonds is 4. The Hall–Kier alpha value is -0.770. The van der Waals surface area contributed by atoms with Gasteiger partial charge in [-0.1, -0.05) is 11.6 Å². The number of aliphatic hydroxyl groups excluding tert-OH is 1. The van der Waals surface area contributed by atoms with Gasteiger partial charge in [0.15, 0.2) is 0 Å². The lowest BCUT2D eigenvalue weighted by atomic mass is 10.1. The molecular formula is C10H14ClNO2. The SMILES string of the molecule is CNC(CO)c1cc(Cl)ccc1OC. The third-order valence-corrected chi connectivity index (χ3v) is 2.33. The summed E-state index contributed by atoms with van der Waals surface area (Å²) in [5, 5.41) is 12.7. The van der Waals surface area contributed by atoms with Gasteiger partial charge < -0.3 is 15.2 Å². The van der Waals surface area contributed by atoms with Gasteiger partial charge in [-0.25, -0.2) is 0 Å². The monoisotopic (exact) mass is 215 g/mol. The number of likely N-dealkylation sites (N-methyl/N-ethyl adjacent to an activating group) is 1. The fourth-order valence-corrected chi connectivity index (χ4v) is 1.50. The lowest BCUT2D eigenvalue weighted by molar-refractivity contribution is 0.247. The molecule has 1 aromatic rings. The molecule has 0 fully saturated rings. The van der Waals surface area contributed by atoms with E-state index in [1.54, 1.807) is 32.4 Å². The number of nitrogens with one attached hydrogen (secondary N) is 1. The molecule has 4 heteroatoms. The first-order chi connectivity index (χ1) is 6.72. The molecule has 1 rings (SSSR count).